The average molecular weight is 211 g/mol. The van der Waals surface area contributed by atoms with Gasteiger partial charge in [-0.1, -0.05) is 19.8 Å². The van der Waals surface area contributed by atoms with Gasteiger partial charge in [0, 0.05) is 12.1 Å². The number of aliphatic hydroxyl groups is 1. The number of nitrogens with zero attached hydrogens (tertiary/aromatic N) is 1. The lowest BCUT2D eigenvalue weighted by Gasteiger charge is -2.37. The van der Waals surface area contributed by atoms with Crippen molar-refractivity contribution in [3.05, 3.63) is 0 Å². The third kappa shape index (κ3) is 2.73. The molecule has 88 valence electrons. The predicted molar refractivity (Wildman–Crippen MR) is 62.8 cm³/mol. The highest BCUT2D eigenvalue weighted by Crippen LogP contribution is 2.31. The van der Waals surface area contributed by atoms with Gasteiger partial charge in [0.1, 0.15) is 0 Å². The van der Waals surface area contributed by atoms with Crippen LogP contribution >= 0.6 is 0 Å². The quantitative estimate of drug-likeness (QED) is 0.758. The number of rotatable bonds is 2. The number of aliphatic hydroxyl groups excluding tert-OH is 1. The molecular formula is C13H25NO. The maximum absolute atomic E-state index is 9.57. The van der Waals surface area contributed by atoms with E-state index in [4.69, 9.17) is 0 Å². The van der Waals surface area contributed by atoms with E-state index >= 15 is 0 Å². The van der Waals surface area contributed by atoms with Crippen molar-refractivity contribution in [1.29, 1.82) is 0 Å². The van der Waals surface area contributed by atoms with E-state index in [1.54, 1.807) is 0 Å². The summed E-state index contributed by atoms with van der Waals surface area (Å²) in [6.45, 7) is 2.38. The number of hydrogen-bond acceptors (Lipinski definition) is 2. The van der Waals surface area contributed by atoms with Gasteiger partial charge in [0.2, 0.25) is 0 Å². The first-order chi connectivity index (χ1) is 7.16. The highest BCUT2D eigenvalue weighted by atomic mass is 16.3. The van der Waals surface area contributed by atoms with Crippen LogP contribution in [0.1, 0.15) is 51.9 Å². The van der Waals surface area contributed by atoms with Crippen LogP contribution in [0.25, 0.3) is 0 Å². The van der Waals surface area contributed by atoms with Gasteiger partial charge in [0.15, 0.2) is 0 Å². The molecule has 2 aliphatic rings. The van der Waals surface area contributed by atoms with Gasteiger partial charge in [-0.15, -0.1) is 0 Å². The van der Waals surface area contributed by atoms with Crippen LogP contribution in [0.3, 0.4) is 0 Å². The van der Waals surface area contributed by atoms with E-state index in [2.05, 4.69) is 18.9 Å². The van der Waals surface area contributed by atoms with Crippen molar-refractivity contribution in [1.82, 2.24) is 4.90 Å². The molecule has 2 saturated carbocycles. The molecule has 4 unspecified atom stereocenters. The lowest BCUT2D eigenvalue weighted by molar-refractivity contribution is 0.106. The highest BCUT2D eigenvalue weighted by Gasteiger charge is 2.31. The monoisotopic (exact) mass is 211 g/mol. The summed E-state index contributed by atoms with van der Waals surface area (Å²) in [5.41, 5.74) is 0. The van der Waals surface area contributed by atoms with Crippen molar-refractivity contribution in [3.63, 3.8) is 0 Å². The largest absolute Gasteiger partial charge is 0.393 e. The molecule has 0 aliphatic heterocycles. The van der Waals surface area contributed by atoms with Crippen LogP contribution in [0, 0.1) is 5.92 Å². The summed E-state index contributed by atoms with van der Waals surface area (Å²) in [6.07, 6.45) is 8.72. The Morgan fingerprint density at radius 2 is 1.73 bits per heavy atom. The first kappa shape index (κ1) is 11.4. The van der Waals surface area contributed by atoms with Crippen molar-refractivity contribution >= 4 is 0 Å². The molecule has 0 aromatic rings. The first-order valence-electron chi connectivity index (χ1n) is 6.57. The fraction of sp³-hybridized carbons (Fsp3) is 1.00. The van der Waals surface area contributed by atoms with Crippen molar-refractivity contribution in [2.75, 3.05) is 7.05 Å². The molecule has 2 rings (SSSR count). The van der Waals surface area contributed by atoms with Gasteiger partial charge in [0.05, 0.1) is 6.10 Å². The Balaban J connectivity index is 1.86. The Labute approximate surface area is 93.7 Å². The Bertz CT molecular complexity index is 207. The standard InChI is InChI=1S/C13H25NO/c1-10-4-3-5-11(8-10)14(2)12-6-7-13(15)9-12/h10-13,15H,3-9H2,1-2H3. The fourth-order valence-electron chi connectivity index (χ4n) is 3.37. The second-order valence-corrected chi connectivity index (χ2v) is 5.71. The molecule has 0 amide bonds. The van der Waals surface area contributed by atoms with Crippen LogP contribution in [-0.2, 0) is 0 Å². The fourth-order valence-corrected chi connectivity index (χ4v) is 3.37. The molecule has 2 aliphatic carbocycles. The molecule has 1 N–H and O–H groups in total. The molecule has 0 bridgehead atoms. The first-order valence-corrected chi connectivity index (χ1v) is 6.57. The molecule has 15 heavy (non-hydrogen) atoms. The minimum atomic E-state index is -0.0292. The summed E-state index contributed by atoms with van der Waals surface area (Å²) < 4.78 is 0. The SMILES string of the molecule is CC1CCCC(N(C)C2CCC(O)C2)C1. The van der Waals surface area contributed by atoms with E-state index in [1.165, 1.54) is 32.1 Å². The molecule has 0 aromatic heterocycles. The Hall–Kier alpha value is -0.0800. The van der Waals surface area contributed by atoms with E-state index in [0.717, 1.165) is 24.8 Å². The number of hydrogen-bond donors (Lipinski definition) is 1. The van der Waals surface area contributed by atoms with Gasteiger partial charge < -0.3 is 10.0 Å². The van der Waals surface area contributed by atoms with Crippen LogP contribution in [0.4, 0.5) is 0 Å². The molecule has 0 aromatic carbocycles. The Morgan fingerprint density at radius 3 is 2.33 bits per heavy atom. The van der Waals surface area contributed by atoms with Crippen LogP contribution in [0.2, 0.25) is 0 Å². The van der Waals surface area contributed by atoms with Gasteiger partial charge in [0.25, 0.3) is 0 Å². The van der Waals surface area contributed by atoms with Gasteiger partial charge in [-0.2, -0.15) is 0 Å². The molecule has 4 atom stereocenters. The van der Waals surface area contributed by atoms with Crippen molar-refractivity contribution < 1.29 is 5.11 Å². The van der Waals surface area contributed by atoms with E-state index in [-0.39, 0.29) is 6.10 Å². The summed E-state index contributed by atoms with van der Waals surface area (Å²) in [4.78, 5) is 2.56. The summed E-state index contributed by atoms with van der Waals surface area (Å²) in [5, 5.41) is 9.57. The summed E-state index contributed by atoms with van der Waals surface area (Å²) in [5.74, 6) is 0.900. The summed E-state index contributed by atoms with van der Waals surface area (Å²) in [6, 6.07) is 1.43. The van der Waals surface area contributed by atoms with Gasteiger partial charge in [-0.3, -0.25) is 0 Å². The smallest absolute Gasteiger partial charge is 0.0555 e. The molecule has 2 nitrogen and oxygen atoms in total. The molecule has 0 saturated heterocycles. The Morgan fingerprint density at radius 1 is 1.00 bits per heavy atom. The molecular weight excluding hydrogens is 186 g/mol. The summed E-state index contributed by atoms with van der Waals surface area (Å²) >= 11 is 0. The molecule has 0 heterocycles. The third-order valence-corrected chi connectivity index (χ3v) is 4.44. The average Bonchev–Trinajstić information content (AvgIpc) is 2.64. The van der Waals surface area contributed by atoms with Crippen molar-refractivity contribution in [3.8, 4) is 0 Å². The van der Waals surface area contributed by atoms with Crippen molar-refractivity contribution in [2.24, 2.45) is 5.92 Å². The van der Waals surface area contributed by atoms with Crippen LogP contribution < -0.4 is 0 Å². The lowest BCUT2D eigenvalue weighted by atomic mass is 9.86. The maximum Gasteiger partial charge on any atom is 0.0555 e. The zero-order valence-electron chi connectivity index (χ0n) is 10.2. The zero-order valence-corrected chi connectivity index (χ0v) is 10.2. The van der Waals surface area contributed by atoms with Crippen LogP contribution in [-0.4, -0.2) is 35.2 Å². The maximum atomic E-state index is 9.57. The highest BCUT2D eigenvalue weighted by molar-refractivity contribution is 4.86. The van der Waals surface area contributed by atoms with E-state index in [9.17, 15) is 5.11 Å². The van der Waals surface area contributed by atoms with E-state index in [1.807, 2.05) is 0 Å². The van der Waals surface area contributed by atoms with Crippen LogP contribution in [0.5, 0.6) is 0 Å². The zero-order chi connectivity index (χ0) is 10.8. The van der Waals surface area contributed by atoms with Crippen LogP contribution in [0.15, 0.2) is 0 Å². The van der Waals surface area contributed by atoms with Gasteiger partial charge >= 0.3 is 0 Å². The predicted octanol–water partition coefficient (Wildman–Crippen LogP) is 2.41. The third-order valence-electron chi connectivity index (χ3n) is 4.44. The second-order valence-electron chi connectivity index (χ2n) is 5.71. The topological polar surface area (TPSA) is 23.5 Å². The molecule has 0 radical (unpaired) electrons. The minimum Gasteiger partial charge on any atom is -0.393 e. The van der Waals surface area contributed by atoms with Gasteiger partial charge in [-0.05, 0) is 45.1 Å². The second kappa shape index (κ2) is 4.84. The Kier molecular flexibility index (Phi) is 3.68. The molecule has 2 fully saturated rings. The minimum absolute atomic E-state index is 0.0292. The molecule has 2 heteroatoms. The normalized spacial score (nSPS) is 42.4. The van der Waals surface area contributed by atoms with E-state index in [0.29, 0.717) is 6.04 Å². The lowest BCUT2D eigenvalue weighted by Crippen LogP contribution is -2.41. The van der Waals surface area contributed by atoms with Gasteiger partial charge in [-0.25, -0.2) is 0 Å². The van der Waals surface area contributed by atoms with Crippen molar-refractivity contribution in [2.45, 2.75) is 70.1 Å². The molecule has 0 spiro atoms. The summed E-state index contributed by atoms with van der Waals surface area (Å²) in [7, 11) is 2.27. The van der Waals surface area contributed by atoms with E-state index < -0.39 is 0 Å².